The summed E-state index contributed by atoms with van der Waals surface area (Å²) in [5.74, 6) is 0.940. The summed E-state index contributed by atoms with van der Waals surface area (Å²) in [4.78, 5) is 2.70. The maximum absolute atomic E-state index is 2.70. The molecule has 0 aliphatic carbocycles. The van der Waals surface area contributed by atoms with Gasteiger partial charge in [0.25, 0.3) is 0 Å². The lowest BCUT2D eigenvalue weighted by Crippen LogP contribution is -2.34. The highest BCUT2D eigenvalue weighted by Crippen LogP contribution is 2.17. The number of hydrogen-bond donors (Lipinski definition) is 0. The van der Waals surface area contributed by atoms with Crippen LogP contribution in [0, 0.1) is 5.92 Å². The fourth-order valence-electron chi connectivity index (χ4n) is 4.02. The van der Waals surface area contributed by atoms with Crippen LogP contribution < -0.4 is 0 Å². The van der Waals surface area contributed by atoms with Crippen molar-refractivity contribution in [2.24, 2.45) is 5.92 Å². The predicted molar refractivity (Wildman–Crippen MR) is 112 cm³/mol. The van der Waals surface area contributed by atoms with E-state index < -0.39 is 0 Å². The summed E-state index contributed by atoms with van der Waals surface area (Å²) in [5, 5.41) is 0. The van der Waals surface area contributed by atoms with Gasteiger partial charge < -0.3 is 4.90 Å². The van der Waals surface area contributed by atoms with E-state index in [9.17, 15) is 0 Å². The van der Waals surface area contributed by atoms with Crippen LogP contribution >= 0.6 is 12.4 Å². The number of unbranched alkanes of at least 4 members (excludes halogenated alkanes) is 13. The number of piperidine rings is 1. The molecule has 2 heteroatoms. The van der Waals surface area contributed by atoms with Gasteiger partial charge in [0.2, 0.25) is 0 Å². The van der Waals surface area contributed by atoms with E-state index in [1.165, 1.54) is 122 Å². The Kier molecular flexibility index (Phi) is 18.2. The molecule has 0 aromatic carbocycles. The fraction of sp³-hybridized carbons (Fsp3) is 1.00. The van der Waals surface area contributed by atoms with Gasteiger partial charge in [0.15, 0.2) is 0 Å². The highest BCUT2D eigenvalue weighted by atomic mass is 35.5. The first-order chi connectivity index (χ1) is 11.3. The topological polar surface area (TPSA) is 3.24 Å². The molecule has 1 atom stereocenters. The van der Waals surface area contributed by atoms with Gasteiger partial charge in [-0.05, 0) is 38.3 Å². The average molecular weight is 360 g/mol. The lowest BCUT2D eigenvalue weighted by atomic mass is 10.00. The van der Waals surface area contributed by atoms with Crippen molar-refractivity contribution >= 4 is 12.4 Å². The molecule has 146 valence electrons. The van der Waals surface area contributed by atoms with Crippen molar-refractivity contribution in [1.82, 2.24) is 4.90 Å². The largest absolute Gasteiger partial charge is 0.303 e. The van der Waals surface area contributed by atoms with Crippen LogP contribution in [0.2, 0.25) is 0 Å². The molecule has 1 rings (SSSR count). The summed E-state index contributed by atoms with van der Waals surface area (Å²) in [5.41, 5.74) is 0. The van der Waals surface area contributed by atoms with Crippen molar-refractivity contribution in [3.63, 3.8) is 0 Å². The van der Waals surface area contributed by atoms with Gasteiger partial charge in [-0.3, -0.25) is 0 Å². The second kappa shape index (κ2) is 18.1. The first-order valence-electron chi connectivity index (χ1n) is 11.0. The average Bonchev–Trinajstić information content (AvgIpc) is 2.55. The maximum atomic E-state index is 2.70. The van der Waals surface area contributed by atoms with Crippen molar-refractivity contribution in [3.05, 3.63) is 0 Å². The van der Waals surface area contributed by atoms with Gasteiger partial charge in [0.1, 0.15) is 0 Å². The third kappa shape index (κ3) is 14.6. The summed E-state index contributed by atoms with van der Waals surface area (Å²) >= 11 is 0. The van der Waals surface area contributed by atoms with Crippen LogP contribution in [0.5, 0.6) is 0 Å². The molecule has 1 unspecified atom stereocenters. The smallest absolute Gasteiger partial charge is 0.000703 e. The van der Waals surface area contributed by atoms with E-state index in [-0.39, 0.29) is 12.4 Å². The molecule has 1 fully saturated rings. The van der Waals surface area contributed by atoms with Gasteiger partial charge in [-0.2, -0.15) is 0 Å². The molecule has 0 N–H and O–H groups in total. The third-order valence-electron chi connectivity index (χ3n) is 5.57. The molecule has 0 saturated carbocycles. The number of halogens is 1. The lowest BCUT2D eigenvalue weighted by molar-refractivity contribution is 0.180. The lowest BCUT2D eigenvalue weighted by Gasteiger charge is -2.30. The monoisotopic (exact) mass is 359 g/mol. The van der Waals surface area contributed by atoms with Gasteiger partial charge in [-0.1, -0.05) is 97.3 Å². The summed E-state index contributed by atoms with van der Waals surface area (Å²) < 4.78 is 0. The zero-order valence-electron chi connectivity index (χ0n) is 16.9. The summed E-state index contributed by atoms with van der Waals surface area (Å²) in [6.07, 6.45) is 23.4. The van der Waals surface area contributed by atoms with E-state index in [0.717, 1.165) is 5.92 Å². The summed E-state index contributed by atoms with van der Waals surface area (Å²) in [6.45, 7) is 8.80. The molecular weight excluding hydrogens is 314 g/mol. The van der Waals surface area contributed by atoms with Crippen molar-refractivity contribution in [1.29, 1.82) is 0 Å². The Bertz CT molecular complexity index is 244. The van der Waals surface area contributed by atoms with Crippen molar-refractivity contribution < 1.29 is 0 Å². The van der Waals surface area contributed by atoms with E-state index in [1.807, 2.05) is 0 Å². The van der Waals surface area contributed by atoms with Crippen LogP contribution in [0.25, 0.3) is 0 Å². The van der Waals surface area contributed by atoms with Crippen LogP contribution in [0.15, 0.2) is 0 Å². The van der Waals surface area contributed by atoms with Crippen molar-refractivity contribution in [2.75, 3.05) is 19.6 Å². The molecule has 0 amide bonds. The van der Waals surface area contributed by atoms with Gasteiger partial charge >= 0.3 is 0 Å². The minimum atomic E-state index is 0. The Morgan fingerprint density at radius 2 is 1.17 bits per heavy atom. The minimum Gasteiger partial charge on any atom is -0.303 e. The molecule has 1 aliphatic heterocycles. The van der Waals surface area contributed by atoms with Crippen molar-refractivity contribution in [3.8, 4) is 0 Å². The molecular formula is C22H46ClN. The minimum absolute atomic E-state index is 0. The summed E-state index contributed by atoms with van der Waals surface area (Å²) in [6, 6.07) is 0. The van der Waals surface area contributed by atoms with E-state index >= 15 is 0 Å². The van der Waals surface area contributed by atoms with Crippen LogP contribution in [-0.4, -0.2) is 24.5 Å². The molecule has 24 heavy (non-hydrogen) atoms. The van der Waals surface area contributed by atoms with E-state index in [0.29, 0.717) is 0 Å². The number of rotatable bonds is 15. The van der Waals surface area contributed by atoms with Gasteiger partial charge in [0.05, 0.1) is 0 Å². The molecule has 1 saturated heterocycles. The molecule has 0 aromatic rings. The Balaban J connectivity index is 0.00000529. The van der Waals surface area contributed by atoms with Crippen LogP contribution in [0.4, 0.5) is 0 Å². The molecule has 1 aliphatic rings. The molecule has 1 heterocycles. The Morgan fingerprint density at radius 1 is 0.708 bits per heavy atom. The standard InChI is InChI=1S/C22H45N.ClH/c1-3-4-5-6-7-8-9-10-11-12-13-14-15-16-19-23-20-17-18-22(2)21-23;/h22H,3-21H2,1-2H3;1H. The maximum Gasteiger partial charge on any atom is 0.000703 e. The van der Waals surface area contributed by atoms with Crippen molar-refractivity contribution in [2.45, 2.75) is 117 Å². The molecule has 1 nitrogen and oxygen atoms in total. The van der Waals surface area contributed by atoms with Gasteiger partial charge in [0, 0.05) is 6.54 Å². The number of hydrogen-bond acceptors (Lipinski definition) is 1. The normalized spacial score (nSPS) is 18.5. The van der Waals surface area contributed by atoms with Crippen LogP contribution in [0.1, 0.15) is 117 Å². The Labute approximate surface area is 159 Å². The van der Waals surface area contributed by atoms with Gasteiger partial charge in [-0.15, -0.1) is 12.4 Å². The van der Waals surface area contributed by atoms with E-state index in [1.54, 1.807) is 0 Å². The molecule has 0 aromatic heterocycles. The quantitative estimate of drug-likeness (QED) is 0.272. The highest BCUT2D eigenvalue weighted by molar-refractivity contribution is 5.85. The fourth-order valence-corrected chi connectivity index (χ4v) is 4.02. The Morgan fingerprint density at radius 3 is 1.62 bits per heavy atom. The first-order valence-corrected chi connectivity index (χ1v) is 11.0. The number of likely N-dealkylation sites (tertiary alicyclic amines) is 1. The molecule has 0 bridgehead atoms. The number of nitrogens with zero attached hydrogens (tertiary/aromatic N) is 1. The zero-order chi connectivity index (χ0) is 16.6. The Hall–Kier alpha value is 0.250. The zero-order valence-corrected chi connectivity index (χ0v) is 17.7. The van der Waals surface area contributed by atoms with Crippen LogP contribution in [-0.2, 0) is 0 Å². The molecule has 0 radical (unpaired) electrons. The second-order valence-corrected chi connectivity index (χ2v) is 8.14. The van der Waals surface area contributed by atoms with E-state index in [2.05, 4.69) is 18.7 Å². The van der Waals surface area contributed by atoms with Gasteiger partial charge in [-0.25, -0.2) is 0 Å². The highest BCUT2D eigenvalue weighted by Gasteiger charge is 2.14. The van der Waals surface area contributed by atoms with E-state index in [4.69, 9.17) is 0 Å². The first kappa shape index (κ1) is 24.2. The predicted octanol–water partition coefficient (Wildman–Crippen LogP) is 7.62. The second-order valence-electron chi connectivity index (χ2n) is 8.14. The summed E-state index contributed by atoms with van der Waals surface area (Å²) in [7, 11) is 0. The SMILES string of the molecule is CCCCCCCCCCCCCCCCN1CCCC(C)C1.Cl. The van der Waals surface area contributed by atoms with Crippen LogP contribution in [0.3, 0.4) is 0 Å². The third-order valence-corrected chi connectivity index (χ3v) is 5.57. The molecule has 0 spiro atoms.